The van der Waals surface area contributed by atoms with Gasteiger partial charge in [0.25, 0.3) is 0 Å². The molecule has 0 unspecified atom stereocenters. The minimum absolute atomic E-state index is 0.695. The molecular weight excluding hydrogens is 314 g/mol. The van der Waals surface area contributed by atoms with E-state index in [1.165, 1.54) is 50.5 Å². The molecule has 3 heteroatoms. The maximum absolute atomic E-state index is 5.55. The van der Waals surface area contributed by atoms with Gasteiger partial charge in [-0.2, -0.15) is 0 Å². The Morgan fingerprint density at radius 2 is 1.85 bits per heavy atom. The summed E-state index contributed by atoms with van der Waals surface area (Å²) in [4.78, 5) is 0. The number of nitrogens with one attached hydrogen (secondary N) is 1. The molecule has 1 aromatic carbocycles. The zero-order valence-electron chi connectivity index (χ0n) is 12.5. The number of rotatable bonds is 5. The summed E-state index contributed by atoms with van der Waals surface area (Å²) in [5.41, 5.74) is 1.32. The van der Waals surface area contributed by atoms with Crippen molar-refractivity contribution in [3.8, 4) is 5.75 Å². The van der Waals surface area contributed by atoms with Crippen molar-refractivity contribution in [1.29, 1.82) is 0 Å². The molecule has 0 aromatic heterocycles. The number of hydrogen-bond acceptors (Lipinski definition) is 2. The van der Waals surface area contributed by atoms with Crippen molar-refractivity contribution in [3.05, 3.63) is 28.2 Å². The van der Waals surface area contributed by atoms with E-state index in [9.17, 15) is 0 Å². The Kier molecular flexibility index (Phi) is 6.88. The highest BCUT2D eigenvalue weighted by Gasteiger charge is 2.11. The summed E-state index contributed by atoms with van der Waals surface area (Å²) in [6.45, 7) is 3.67. The second kappa shape index (κ2) is 8.68. The normalized spacial score (nSPS) is 17.5. The van der Waals surface area contributed by atoms with Gasteiger partial charge < -0.3 is 10.1 Å². The van der Waals surface area contributed by atoms with Gasteiger partial charge >= 0.3 is 0 Å². The first-order chi connectivity index (χ1) is 9.79. The van der Waals surface area contributed by atoms with Gasteiger partial charge in [-0.25, -0.2) is 0 Å². The Labute approximate surface area is 131 Å². The molecule has 1 saturated carbocycles. The molecule has 0 saturated heterocycles. The predicted octanol–water partition coefficient (Wildman–Crippen LogP) is 5.05. The minimum Gasteiger partial charge on any atom is -0.493 e. The van der Waals surface area contributed by atoms with Crippen LogP contribution in [0.1, 0.15) is 57.4 Å². The molecular formula is C17H26BrNO. The van der Waals surface area contributed by atoms with Crippen LogP contribution in [0.5, 0.6) is 5.75 Å². The molecule has 1 fully saturated rings. The van der Waals surface area contributed by atoms with E-state index >= 15 is 0 Å². The third kappa shape index (κ3) is 5.10. The van der Waals surface area contributed by atoms with Gasteiger partial charge in [0.2, 0.25) is 0 Å². The minimum atomic E-state index is 0.695. The van der Waals surface area contributed by atoms with Crippen LogP contribution in [0.25, 0.3) is 0 Å². The van der Waals surface area contributed by atoms with E-state index in [2.05, 4.69) is 39.4 Å². The average molecular weight is 340 g/mol. The van der Waals surface area contributed by atoms with Crippen LogP contribution in [0.2, 0.25) is 0 Å². The van der Waals surface area contributed by atoms with Crippen LogP contribution in [0, 0.1) is 0 Å². The van der Waals surface area contributed by atoms with Crippen LogP contribution in [0.3, 0.4) is 0 Å². The first-order valence-corrected chi connectivity index (χ1v) is 8.73. The Balaban J connectivity index is 1.84. The Bertz CT molecular complexity index is 400. The summed E-state index contributed by atoms with van der Waals surface area (Å²) < 4.78 is 6.60. The smallest absolute Gasteiger partial charge is 0.133 e. The van der Waals surface area contributed by atoms with Crippen molar-refractivity contribution in [2.45, 2.75) is 64.5 Å². The van der Waals surface area contributed by atoms with Crippen LogP contribution in [0.15, 0.2) is 22.7 Å². The molecule has 1 aliphatic carbocycles. The Morgan fingerprint density at radius 1 is 1.15 bits per heavy atom. The van der Waals surface area contributed by atoms with Gasteiger partial charge in [-0.1, -0.05) is 38.2 Å². The quantitative estimate of drug-likeness (QED) is 0.810. The first kappa shape index (κ1) is 15.8. The molecule has 1 aliphatic rings. The van der Waals surface area contributed by atoms with Crippen molar-refractivity contribution >= 4 is 15.9 Å². The third-order valence-electron chi connectivity index (χ3n) is 4.00. The van der Waals surface area contributed by atoms with Crippen LogP contribution < -0.4 is 10.1 Å². The van der Waals surface area contributed by atoms with Gasteiger partial charge in [-0.3, -0.25) is 0 Å². The maximum atomic E-state index is 5.55. The molecule has 20 heavy (non-hydrogen) atoms. The molecule has 0 spiro atoms. The lowest BCUT2D eigenvalue weighted by molar-refractivity contribution is 0.338. The van der Waals surface area contributed by atoms with Gasteiger partial charge in [0.1, 0.15) is 5.75 Å². The highest BCUT2D eigenvalue weighted by Crippen LogP contribution is 2.26. The largest absolute Gasteiger partial charge is 0.493 e. The topological polar surface area (TPSA) is 21.3 Å². The van der Waals surface area contributed by atoms with Crippen molar-refractivity contribution in [3.63, 3.8) is 0 Å². The van der Waals surface area contributed by atoms with Gasteiger partial charge in [0.05, 0.1) is 11.1 Å². The lowest BCUT2D eigenvalue weighted by Crippen LogP contribution is -2.29. The van der Waals surface area contributed by atoms with E-state index in [1.807, 2.05) is 6.92 Å². The molecule has 0 heterocycles. The molecule has 2 nitrogen and oxygen atoms in total. The van der Waals surface area contributed by atoms with Crippen molar-refractivity contribution in [2.75, 3.05) is 6.61 Å². The standard InChI is InChI=1S/C17H26BrNO/c1-2-20-17-11-10-14(12-16(17)18)13-19-15-8-6-4-3-5-7-9-15/h10-12,15,19H,2-9,13H2,1H3. The van der Waals surface area contributed by atoms with Crippen LogP contribution >= 0.6 is 15.9 Å². The third-order valence-corrected chi connectivity index (χ3v) is 4.62. The van der Waals surface area contributed by atoms with Gasteiger partial charge in [-0.15, -0.1) is 0 Å². The van der Waals surface area contributed by atoms with Gasteiger partial charge in [0.15, 0.2) is 0 Å². The second-order valence-corrected chi connectivity index (χ2v) is 6.48. The summed E-state index contributed by atoms with van der Waals surface area (Å²) in [6, 6.07) is 7.08. The summed E-state index contributed by atoms with van der Waals surface area (Å²) >= 11 is 3.58. The Hall–Kier alpha value is -0.540. The number of halogens is 1. The highest BCUT2D eigenvalue weighted by atomic mass is 79.9. The van der Waals surface area contributed by atoms with E-state index in [4.69, 9.17) is 4.74 Å². The summed E-state index contributed by atoms with van der Waals surface area (Å²) in [5, 5.41) is 3.72. The zero-order chi connectivity index (χ0) is 14.2. The van der Waals surface area contributed by atoms with E-state index in [1.54, 1.807) is 0 Å². The van der Waals surface area contributed by atoms with E-state index in [0.717, 1.165) is 16.8 Å². The van der Waals surface area contributed by atoms with Gasteiger partial charge in [0, 0.05) is 12.6 Å². The fourth-order valence-electron chi connectivity index (χ4n) is 2.85. The van der Waals surface area contributed by atoms with Gasteiger partial charge in [-0.05, 0) is 53.4 Å². The van der Waals surface area contributed by atoms with Crippen LogP contribution in [-0.2, 0) is 6.54 Å². The molecule has 1 aromatic rings. The predicted molar refractivity (Wildman–Crippen MR) is 88.3 cm³/mol. The molecule has 0 bridgehead atoms. The number of ether oxygens (including phenoxy) is 1. The van der Waals surface area contributed by atoms with Crippen LogP contribution in [0.4, 0.5) is 0 Å². The fraction of sp³-hybridized carbons (Fsp3) is 0.647. The second-order valence-electron chi connectivity index (χ2n) is 5.62. The molecule has 0 amide bonds. The summed E-state index contributed by atoms with van der Waals surface area (Å²) in [6.07, 6.45) is 9.67. The number of hydrogen-bond donors (Lipinski definition) is 1. The SMILES string of the molecule is CCOc1ccc(CNC2CCCCCCC2)cc1Br. The number of benzene rings is 1. The monoisotopic (exact) mass is 339 g/mol. The van der Waals surface area contributed by atoms with E-state index < -0.39 is 0 Å². The van der Waals surface area contributed by atoms with Crippen molar-refractivity contribution in [2.24, 2.45) is 0 Å². The maximum Gasteiger partial charge on any atom is 0.133 e. The van der Waals surface area contributed by atoms with Crippen LogP contribution in [-0.4, -0.2) is 12.6 Å². The first-order valence-electron chi connectivity index (χ1n) is 7.94. The molecule has 112 valence electrons. The van der Waals surface area contributed by atoms with Crippen molar-refractivity contribution < 1.29 is 4.74 Å². The van der Waals surface area contributed by atoms with E-state index in [0.29, 0.717) is 12.6 Å². The lowest BCUT2D eigenvalue weighted by Gasteiger charge is -2.21. The Morgan fingerprint density at radius 3 is 2.50 bits per heavy atom. The zero-order valence-corrected chi connectivity index (χ0v) is 14.0. The fourth-order valence-corrected chi connectivity index (χ4v) is 3.39. The molecule has 1 N–H and O–H groups in total. The average Bonchev–Trinajstić information content (AvgIpc) is 2.40. The highest BCUT2D eigenvalue weighted by molar-refractivity contribution is 9.10. The molecule has 0 radical (unpaired) electrons. The molecule has 0 aliphatic heterocycles. The van der Waals surface area contributed by atoms with Crippen molar-refractivity contribution in [1.82, 2.24) is 5.32 Å². The van der Waals surface area contributed by atoms with E-state index in [-0.39, 0.29) is 0 Å². The molecule has 2 rings (SSSR count). The summed E-state index contributed by atoms with van der Waals surface area (Å²) in [5.74, 6) is 0.933. The molecule has 0 atom stereocenters. The lowest BCUT2D eigenvalue weighted by atomic mass is 9.96. The summed E-state index contributed by atoms with van der Waals surface area (Å²) in [7, 11) is 0.